The highest BCUT2D eigenvalue weighted by atomic mass is 32.2. The molecule has 1 N–H and O–H groups in total. The summed E-state index contributed by atoms with van der Waals surface area (Å²) in [6.45, 7) is 7.94. The molecule has 0 aliphatic carbocycles. The monoisotopic (exact) mass is 265 g/mol. The number of nitrogens with one attached hydrogen (secondary N) is 1. The zero-order chi connectivity index (χ0) is 13.2. The molecule has 1 aromatic carbocycles. The summed E-state index contributed by atoms with van der Waals surface area (Å²) >= 11 is 2.09. The topological polar surface area (TPSA) is 12.0 Å². The third kappa shape index (κ3) is 6.46. The molecule has 0 heterocycles. The van der Waals surface area contributed by atoms with Crippen LogP contribution in [0.2, 0.25) is 0 Å². The van der Waals surface area contributed by atoms with Crippen LogP contribution < -0.4 is 5.32 Å². The van der Waals surface area contributed by atoms with E-state index in [2.05, 4.69) is 68.2 Å². The van der Waals surface area contributed by atoms with E-state index >= 15 is 0 Å². The normalized spacial score (nSPS) is 14.4. The summed E-state index contributed by atoms with van der Waals surface area (Å²) in [7, 11) is 0. The Morgan fingerprint density at radius 1 is 1.17 bits per heavy atom. The van der Waals surface area contributed by atoms with E-state index in [0.29, 0.717) is 6.04 Å². The number of thioether (sulfide) groups is 1. The summed E-state index contributed by atoms with van der Waals surface area (Å²) in [4.78, 5) is 0. The van der Waals surface area contributed by atoms with Crippen molar-refractivity contribution in [2.24, 2.45) is 0 Å². The predicted molar refractivity (Wildman–Crippen MR) is 84.4 cm³/mol. The Hall–Kier alpha value is -0.470. The fourth-order valence-corrected chi connectivity index (χ4v) is 2.87. The van der Waals surface area contributed by atoms with E-state index in [1.165, 1.54) is 24.2 Å². The van der Waals surface area contributed by atoms with E-state index in [1.54, 1.807) is 0 Å². The molecule has 18 heavy (non-hydrogen) atoms. The van der Waals surface area contributed by atoms with Gasteiger partial charge in [-0.1, -0.05) is 51.1 Å². The van der Waals surface area contributed by atoms with Crippen molar-refractivity contribution in [3.05, 3.63) is 35.9 Å². The lowest BCUT2D eigenvalue weighted by Crippen LogP contribution is -2.34. The minimum atomic E-state index is 0.603. The largest absolute Gasteiger partial charge is 0.313 e. The smallest absolute Gasteiger partial charge is 0.0198 e. The highest BCUT2D eigenvalue weighted by molar-refractivity contribution is 7.99. The fourth-order valence-electron chi connectivity index (χ4n) is 1.84. The van der Waals surface area contributed by atoms with Gasteiger partial charge in [0.05, 0.1) is 0 Å². The molecular weight excluding hydrogens is 238 g/mol. The van der Waals surface area contributed by atoms with Crippen LogP contribution in [-0.4, -0.2) is 23.6 Å². The molecule has 0 aliphatic rings. The third-order valence-electron chi connectivity index (χ3n) is 3.16. The molecule has 0 aromatic heterocycles. The fraction of sp³-hybridized carbons (Fsp3) is 0.625. The molecule has 0 saturated heterocycles. The van der Waals surface area contributed by atoms with E-state index in [1.807, 2.05) is 0 Å². The van der Waals surface area contributed by atoms with Crippen molar-refractivity contribution in [2.45, 2.75) is 51.3 Å². The maximum absolute atomic E-state index is 3.68. The van der Waals surface area contributed by atoms with Crippen LogP contribution in [0, 0.1) is 0 Å². The van der Waals surface area contributed by atoms with Gasteiger partial charge in [0.1, 0.15) is 0 Å². The SMILES string of the molecule is CCCNC(CSC(C)CC)Cc1ccccc1. The summed E-state index contributed by atoms with van der Waals surface area (Å²) in [5.41, 5.74) is 1.44. The van der Waals surface area contributed by atoms with Crippen LogP contribution in [0.4, 0.5) is 0 Å². The molecule has 102 valence electrons. The third-order valence-corrected chi connectivity index (χ3v) is 4.66. The number of benzene rings is 1. The van der Waals surface area contributed by atoms with Gasteiger partial charge < -0.3 is 5.32 Å². The molecule has 2 atom stereocenters. The summed E-state index contributed by atoms with van der Waals surface area (Å²) in [6, 6.07) is 11.4. The minimum absolute atomic E-state index is 0.603. The molecule has 1 rings (SSSR count). The zero-order valence-corrected chi connectivity index (χ0v) is 12.8. The first-order chi connectivity index (χ1) is 8.76. The Morgan fingerprint density at radius 2 is 1.89 bits per heavy atom. The van der Waals surface area contributed by atoms with Crippen LogP contribution in [0.5, 0.6) is 0 Å². The van der Waals surface area contributed by atoms with Crippen LogP contribution in [0.1, 0.15) is 39.2 Å². The summed E-state index contributed by atoms with van der Waals surface area (Å²) in [5.74, 6) is 1.21. The van der Waals surface area contributed by atoms with Gasteiger partial charge in [-0.3, -0.25) is 0 Å². The van der Waals surface area contributed by atoms with Crippen LogP contribution >= 0.6 is 11.8 Å². The molecule has 1 aromatic rings. The second kappa shape index (κ2) is 9.46. The second-order valence-electron chi connectivity index (χ2n) is 4.89. The van der Waals surface area contributed by atoms with Crippen LogP contribution in [0.15, 0.2) is 30.3 Å². The molecule has 1 nitrogen and oxygen atoms in total. The molecular formula is C16H27NS. The van der Waals surface area contributed by atoms with Gasteiger partial charge in [-0.15, -0.1) is 0 Å². The average molecular weight is 265 g/mol. The number of rotatable bonds is 9. The van der Waals surface area contributed by atoms with E-state index in [4.69, 9.17) is 0 Å². The van der Waals surface area contributed by atoms with Gasteiger partial charge in [-0.2, -0.15) is 11.8 Å². The predicted octanol–water partition coefficient (Wildman–Crippen LogP) is 4.13. The van der Waals surface area contributed by atoms with Crippen molar-refractivity contribution in [2.75, 3.05) is 12.3 Å². The van der Waals surface area contributed by atoms with Crippen LogP contribution in [0.25, 0.3) is 0 Å². The molecule has 2 unspecified atom stereocenters. The summed E-state index contributed by atoms with van der Waals surface area (Å²) < 4.78 is 0. The lowest BCUT2D eigenvalue weighted by molar-refractivity contribution is 0.549. The Balaban J connectivity index is 2.44. The maximum atomic E-state index is 3.68. The van der Waals surface area contributed by atoms with Crippen molar-refractivity contribution < 1.29 is 0 Å². The standard InChI is InChI=1S/C16H27NS/c1-4-11-17-16(13-18-14(3)5-2)12-15-9-7-6-8-10-15/h6-10,14,16-17H,4-5,11-13H2,1-3H3. The number of hydrogen-bond donors (Lipinski definition) is 1. The average Bonchev–Trinajstić information content (AvgIpc) is 2.42. The van der Waals surface area contributed by atoms with Gasteiger partial charge >= 0.3 is 0 Å². The van der Waals surface area contributed by atoms with Crippen molar-refractivity contribution in [1.82, 2.24) is 5.32 Å². The maximum Gasteiger partial charge on any atom is 0.0198 e. The summed E-state index contributed by atoms with van der Waals surface area (Å²) in [6.07, 6.45) is 3.61. The van der Waals surface area contributed by atoms with Crippen molar-refractivity contribution in [3.63, 3.8) is 0 Å². The number of hydrogen-bond acceptors (Lipinski definition) is 2. The van der Waals surface area contributed by atoms with Crippen LogP contribution in [0.3, 0.4) is 0 Å². The first-order valence-corrected chi connectivity index (χ1v) is 8.20. The van der Waals surface area contributed by atoms with Gasteiger partial charge in [0.2, 0.25) is 0 Å². The molecule has 0 radical (unpaired) electrons. The highest BCUT2D eigenvalue weighted by Gasteiger charge is 2.10. The van der Waals surface area contributed by atoms with Crippen molar-refractivity contribution >= 4 is 11.8 Å². The molecule has 0 fully saturated rings. The van der Waals surface area contributed by atoms with Crippen LogP contribution in [-0.2, 0) is 6.42 Å². The Kier molecular flexibility index (Phi) is 8.19. The van der Waals surface area contributed by atoms with Gasteiger partial charge in [0.25, 0.3) is 0 Å². The van der Waals surface area contributed by atoms with Gasteiger partial charge in [-0.25, -0.2) is 0 Å². The molecule has 2 heteroatoms. The Morgan fingerprint density at radius 3 is 2.50 bits per heavy atom. The van der Waals surface area contributed by atoms with E-state index in [9.17, 15) is 0 Å². The Labute approximate surface area is 117 Å². The molecule has 0 saturated carbocycles. The second-order valence-corrected chi connectivity index (χ2v) is 6.36. The van der Waals surface area contributed by atoms with E-state index < -0.39 is 0 Å². The lowest BCUT2D eigenvalue weighted by atomic mass is 10.1. The van der Waals surface area contributed by atoms with Crippen molar-refractivity contribution in [3.8, 4) is 0 Å². The zero-order valence-electron chi connectivity index (χ0n) is 12.0. The lowest BCUT2D eigenvalue weighted by Gasteiger charge is -2.20. The van der Waals surface area contributed by atoms with Gasteiger partial charge in [0.15, 0.2) is 0 Å². The minimum Gasteiger partial charge on any atom is -0.313 e. The first kappa shape index (κ1) is 15.6. The van der Waals surface area contributed by atoms with Gasteiger partial charge in [-0.05, 0) is 31.4 Å². The molecule has 0 bridgehead atoms. The quantitative estimate of drug-likeness (QED) is 0.720. The molecule has 0 amide bonds. The Bertz CT molecular complexity index is 299. The van der Waals surface area contributed by atoms with Crippen molar-refractivity contribution in [1.29, 1.82) is 0 Å². The van der Waals surface area contributed by atoms with E-state index in [0.717, 1.165) is 18.2 Å². The van der Waals surface area contributed by atoms with Gasteiger partial charge in [0, 0.05) is 17.0 Å². The summed E-state index contributed by atoms with van der Waals surface area (Å²) in [5, 5.41) is 4.45. The highest BCUT2D eigenvalue weighted by Crippen LogP contribution is 2.16. The first-order valence-electron chi connectivity index (χ1n) is 7.15. The molecule has 0 spiro atoms. The molecule has 0 aliphatic heterocycles. The van der Waals surface area contributed by atoms with E-state index in [-0.39, 0.29) is 0 Å².